The molecule has 2 aromatic rings. The highest BCUT2D eigenvalue weighted by Gasteiger charge is 2.00. The maximum Gasteiger partial charge on any atom is 0.129 e. The minimum Gasteiger partial charge on any atom is -0.467 e. The molecule has 0 unspecified atom stereocenters. The first-order chi connectivity index (χ1) is 6.84. The van der Waals surface area contributed by atoms with Gasteiger partial charge in [-0.15, -0.1) is 0 Å². The first-order valence-electron chi connectivity index (χ1n) is 4.50. The average Bonchev–Trinajstić information content (AvgIpc) is 2.77. The van der Waals surface area contributed by atoms with Gasteiger partial charge in [-0.3, -0.25) is 0 Å². The van der Waals surface area contributed by atoms with Gasteiger partial charge in [0.05, 0.1) is 6.26 Å². The van der Waals surface area contributed by atoms with E-state index in [0.717, 1.165) is 17.3 Å². The van der Waals surface area contributed by atoms with Gasteiger partial charge in [0.25, 0.3) is 0 Å². The second kappa shape index (κ2) is 4.15. The Balaban J connectivity index is 1.78. The highest BCUT2D eigenvalue weighted by Crippen LogP contribution is 2.09. The van der Waals surface area contributed by atoms with Crippen LogP contribution in [0.5, 0.6) is 0 Å². The van der Waals surface area contributed by atoms with Gasteiger partial charge in [0.2, 0.25) is 0 Å². The van der Waals surface area contributed by atoms with Gasteiger partial charge in [0.1, 0.15) is 30.5 Å². The van der Waals surface area contributed by atoms with E-state index in [4.69, 9.17) is 13.6 Å². The van der Waals surface area contributed by atoms with E-state index in [2.05, 4.69) is 0 Å². The van der Waals surface area contributed by atoms with Crippen LogP contribution in [0.15, 0.2) is 39.4 Å². The summed E-state index contributed by atoms with van der Waals surface area (Å²) in [6.45, 7) is 2.87. The number of hydrogen-bond acceptors (Lipinski definition) is 3. The van der Waals surface area contributed by atoms with Crippen molar-refractivity contribution in [3.8, 4) is 0 Å². The fraction of sp³-hybridized carbons (Fsp3) is 0.273. The molecule has 0 aliphatic carbocycles. The molecule has 3 heteroatoms. The molecule has 0 N–H and O–H groups in total. The van der Waals surface area contributed by atoms with Gasteiger partial charge in [-0.05, 0) is 31.2 Å². The van der Waals surface area contributed by atoms with Crippen molar-refractivity contribution in [1.29, 1.82) is 0 Å². The molecule has 0 saturated heterocycles. The Bertz CT molecular complexity index is 373. The van der Waals surface area contributed by atoms with Crippen LogP contribution < -0.4 is 0 Å². The molecular weight excluding hydrogens is 180 g/mol. The Hall–Kier alpha value is -1.48. The van der Waals surface area contributed by atoms with E-state index < -0.39 is 0 Å². The first-order valence-corrected chi connectivity index (χ1v) is 4.50. The summed E-state index contributed by atoms with van der Waals surface area (Å²) >= 11 is 0. The summed E-state index contributed by atoms with van der Waals surface area (Å²) in [4.78, 5) is 0. The quantitative estimate of drug-likeness (QED) is 0.747. The van der Waals surface area contributed by atoms with Crippen molar-refractivity contribution in [3.63, 3.8) is 0 Å². The molecule has 2 heterocycles. The molecule has 0 spiro atoms. The van der Waals surface area contributed by atoms with E-state index in [1.54, 1.807) is 6.26 Å². The Labute approximate surface area is 82.3 Å². The van der Waals surface area contributed by atoms with Crippen molar-refractivity contribution in [3.05, 3.63) is 47.8 Å². The molecule has 0 aromatic carbocycles. The Kier molecular flexibility index (Phi) is 2.70. The Morgan fingerprint density at radius 2 is 2.00 bits per heavy atom. The molecular formula is C11H12O3. The fourth-order valence-electron chi connectivity index (χ4n) is 1.21. The summed E-state index contributed by atoms with van der Waals surface area (Å²) in [7, 11) is 0. The van der Waals surface area contributed by atoms with E-state index in [9.17, 15) is 0 Å². The predicted molar refractivity (Wildman–Crippen MR) is 50.6 cm³/mol. The monoisotopic (exact) mass is 192 g/mol. The fourth-order valence-corrected chi connectivity index (χ4v) is 1.21. The third-order valence-electron chi connectivity index (χ3n) is 1.86. The number of hydrogen-bond donors (Lipinski definition) is 0. The van der Waals surface area contributed by atoms with Crippen molar-refractivity contribution in [2.45, 2.75) is 20.1 Å². The number of ether oxygens (including phenoxy) is 1. The molecule has 0 radical (unpaired) electrons. The van der Waals surface area contributed by atoms with Gasteiger partial charge >= 0.3 is 0 Å². The number of aryl methyl sites for hydroxylation is 1. The van der Waals surface area contributed by atoms with Crippen molar-refractivity contribution < 1.29 is 13.6 Å². The normalized spacial score (nSPS) is 10.6. The van der Waals surface area contributed by atoms with Crippen LogP contribution in [-0.2, 0) is 18.0 Å². The first kappa shape index (κ1) is 9.09. The smallest absolute Gasteiger partial charge is 0.129 e. The maximum atomic E-state index is 5.39. The molecule has 0 bridgehead atoms. The van der Waals surface area contributed by atoms with Crippen LogP contribution in [0.4, 0.5) is 0 Å². The van der Waals surface area contributed by atoms with Gasteiger partial charge in [0.15, 0.2) is 0 Å². The van der Waals surface area contributed by atoms with Crippen molar-refractivity contribution in [2.24, 2.45) is 0 Å². The van der Waals surface area contributed by atoms with Crippen LogP contribution in [0.1, 0.15) is 17.3 Å². The lowest BCUT2D eigenvalue weighted by Crippen LogP contribution is -1.90. The summed E-state index contributed by atoms with van der Waals surface area (Å²) in [5, 5.41) is 0. The van der Waals surface area contributed by atoms with E-state index in [1.165, 1.54) is 0 Å². The molecule has 0 fully saturated rings. The molecule has 0 amide bonds. The largest absolute Gasteiger partial charge is 0.467 e. The Morgan fingerprint density at radius 3 is 2.64 bits per heavy atom. The Morgan fingerprint density at radius 1 is 1.14 bits per heavy atom. The topological polar surface area (TPSA) is 35.5 Å². The summed E-state index contributed by atoms with van der Waals surface area (Å²) < 4.78 is 15.9. The molecule has 0 saturated carbocycles. The lowest BCUT2D eigenvalue weighted by molar-refractivity contribution is 0.0798. The van der Waals surface area contributed by atoms with Gasteiger partial charge in [-0.25, -0.2) is 0 Å². The van der Waals surface area contributed by atoms with Crippen molar-refractivity contribution in [2.75, 3.05) is 0 Å². The third kappa shape index (κ3) is 2.26. The predicted octanol–water partition coefficient (Wildman–Crippen LogP) is 2.90. The highest BCUT2D eigenvalue weighted by molar-refractivity contribution is 5.04. The second-order valence-electron chi connectivity index (χ2n) is 3.08. The van der Waals surface area contributed by atoms with Crippen LogP contribution in [-0.4, -0.2) is 0 Å². The standard InChI is InChI=1S/C11H12O3/c1-9-4-5-11(14-9)8-12-7-10-3-2-6-13-10/h2-6H,7-8H2,1H3. The summed E-state index contributed by atoms with van der Waals surface area (Å²) in [6.07, 6.45) is 1.63. The molecule has 0 atom stereocenters. The van der Waals surface area contributed by atoms with E-state index in [-0.39, 0.29) is 0 Å². The average molecular weight is 192 g/mol. The lowest BCUT2D eigenvalue weighted by atomic mass is 10.4. The van der Waals surface area contributed by atoms with E-state index in [0.29, 0.717) is 13.2 Å². The second-order valence-corrected chi connectivity index (χ2v) is 3.08. The van der Waals surface area contributed by atoms with Crippen molar-refractivity contribution >= 4 is 0 Å². The molecule has 0 aliphatic rings. The molecule has 0 aliphatic heterocycles. The highest BCUT2D eigenvalue weighted by atomic mass is 16.5. The minimum atomic E-state index is 0.479. The molecule has 14 heavy (non-hydrogen) atoms. The molecule has 2 rings (SSSR count). The van der Waals surface area contributed by atoms with Gasteiger partial charge in [-0.2, -0.15) is 0 Å². The SMILES string of the molecule is Cc1ccc(COCc2ccco2)o1. The summed E-state index contributed by atoms with van der Waals surface area (Å²) in [5.41, 5.74) is 0. The zero-order valence-corrected chi connectivity index (χ0v) is 8.03. The number of rotatable bonds is 4. The van der Waals surface area contributed by atoms with Crippen LogP contribution in [0, 0.1) is 6.92 Å². The van der Waals surface area contributed by atoms with Gasteiger partial charge < -0.3 is 13.6 Å². The maximum absolute atomic E-state index is 5.39. The van der Waals surface area contributed by atoms with Crippen LogP contribution in [0.2, 0.25) is 0 Å². The van der Waals surface area contributed by atoms with E-state index in [1.807, 2.05) is 31.2 Å². The molecule has 3 nitrogen and oxygen atoms in total. The van der Waals surface area contributed by atoms with Gasteiger partial charge in [0, 0.05) is 0 Å². The number of furan rings is 2. The molecule has 74 valence electrons. The van der Waals surface area contributed by atoms with Crippen molar-refractivity contribution in [1.82, 2.24) is 0 Å². The lowest BCUT2D eigenvalue weighted by Gasteiger charge is -1.98. The zero-order valence-electron chi connectivity index (χ0n) is 8.03. The third-order valence-corrected chi connectivity index (χ3v) is 1.86. The molecule has 2 aromatic heterocycles. The zero-order chi connectivity index (χ0) is 9.80. The summed E-state index contributed by atoms with van der Waals surface area (Å²) in [6, 6.07) is 7.56. The van der Waals surface area contributed by atoms with Gasteiger partial charge in [-0.1, -0.05) is 0 Å². The minimum absolute atomic E-state index is 0.479. The van der Waals surface area contributed by atoms with E-state index >= 15 is 0 Å². The summed E-state index contributed by atoms with van der Waals surface area (Å²) in [5.74, 6) is 2.57. The van der Waals surface area contributed by atoms with Crippen LogP contribution >= 0.6 is 0 Å². The van der Waals surface area contributed by atoms with Crippen LogP contribution in [0.3, 0.4) is 0 Å². The van der Waals surface area contributed by atoms with Crippen LogP contribution in [0.25, 0.3) is 0 Å².